The number of amides is 1. The first-order valence-corrected chi connectivity index (χ1v) is 9.74. The largest absolute Gasteiger partial charge is 0.475 e. The summed E-state index contributed by atoms with van der Waals surface area (Å²) in [6.45, 7) is 4.95. The number of carbonyl (C=O) groups is 6. The van der Waals surface area contributed by atoms with Crippen molar-refractivity contribution in [2.45, 2.75) is 65.1 Å². The van der Waals surface area contributed by atoms with Crippen LogP contribution in [0.1, 0.15) is 34.6 Å². The molecule has 0 bridgehead atoms. The number of ether oxygens (including phenoxy) is 6. The van der Waals surface area contributed by atoms with Gasteiger partial charge in [0, 0.05) is 34.6 Å². The molecular weight excluding hydrogens is 446 g/mol. The SMILES string of the molecule is COC(=O)C1=C[C@@H](NC(C)=O)[C@@H](OC(C)=O)[C@H]([C@H](OC(C)=O)[C@@H](COC(C)=O)OC(C)=O)O1. The average Bonchev–Trinajstić information content (AvgIpc) is 2.68. The zero-order valence-corrected chi connectivity index (χ0v) is 19.1. The van der Waals surface area contributed by atoms with Gasteiger partial charge in [0.15, 0.2) is 24.4 Å². The summed E-state index contributed by atoms with van der Waals surface area (Å²) >= 11 is 0. The van der Waals surface area contributed by atoms with Gasteiger partial charge in [-0.05, 0) is 6.08 Å². The number of carbonyl (C=O) groups excluding carboxylic acids is 6. The molecule has 1 aliphatic heterocycles. The molecule has 0 saturated heterocycles. The predicted molar refractivity (Wildman–Crippen MR) is 106 cm³/mol. The average molecular weight is 473 g/mol. The number of nitrogens with one attached hydrogen (secondary N) is 1. The summed E-state index contributed by atoms with van der Waals surface area (Å²) < 4.78 is 31.0. The first-order chi connectivity index (χ1) is 15.3. The maximum atomic E-state index is 12.2. The van der Waals surface area contributed by atoms with E-state index in [0.717, 1.165) is 40.9 Å². The minimum Gasteiger partial charge on any atom is -0.475 e. The topological polar surface area (TPSA) is 170 Å². The molecule has 13 heteroatoms. The summed E-state index contributed by atoms with van der Waals surface area (Å²) in [5.41, 5.74) is 0. The summed E-state index contributed by atoms with van der Waals surface area (Å²) in [6, 6.07) is -1.12. The molecule has 0 aromatic carbocycles. The van der Waals surface area contributed by atoms with E-state index in [9.17, 15) is 28.8 Å². The molecule has 0 aliphatic carbocycles. The fraction of sp³-hybridized carbons (Fsp3) is 0.600. The van der Waals surface area contributed by atoms with Crippen LogP contribution in [0.25, 0.3) is 0 Å². The van der Waals surface area contributed by atoms with Gasteiger partial charge in [-0.2, -0.15) is 0 Å². The van der Waals surface area contributed by atoms with Gasteiger partial charge in [0.1, 0.15) is 6.61 Å². The van der Waals surface area contributed by atoms with E-state index in [4.69, 9.17) is 23.7 Å². The minimum absolute atomic E-state index is 0.393. The molecule has 0 aromatic heterocycles. The molecule has 0 saturated carbocycles. The molecule has 1 amide bonds. The lowest BCUT2D eigenvalue weighted by molar-refractivity contribution is -0.200. The van der Waals surface area contributed by atoms with Gasteiger partial charge < -0.3 is 33.7 Å². The van der Waals surface area contributed by atoms with Gasteiger partial charge >= 0.3 is 29.8 Å². The lowest BCUT2D eigenvalue weighted by Crippen LogP contribution is -2.60. The van der Waals surface area contributed by atoms with E-state index in [0.29, 0.717) is 0 Å². The lowest BCUT2D eigenvalue weighted by atomic mass is 9.93. The van der Waals surface area contributed by atoms with Crippen LogP contribution in [0.15, 0.2) is 11.8 Å². The lowest BCUT2D eigenvalue weighted by Gasteiger charge is -2.40. The van der Waals surface area contributed by atoms with E-state index in [1.165, 1.54) is 6.92 Å². The fourth-order valence-electron chi connectivity index (χ4n) is 3.03. The Balaban J connectivity index is 3.58. The first-order valence-electron chi connectivity index (χ1n) is 9.74. The summed E-state index contributed by atoms with van der Waals surface area (Å²) in [5, 5.41) is 2.50. The summed E-state index contributed by atoms with van der Waals surface area (Å²) in [5.74, 6) is -5.05. The Morgan fingerprint density at radius 3 is 2.00 bits per heavy atom. The second kappa shape index (κ2) is 12.4. The third kappa shape index (κ3) is 8.79. The van der Waals surface area contributed by atoms with Crippen molar-refractivity contribution < 1.29 is 57.2 Å². The van der Waals surface area contributed by atoms with Crippen LogP contribution < -0.4 is 5.32 Å². The third-order valence-electron chi connectivity index (χ3n) is 4.09. The molecule has 184 valence electrons. The number of hydrogen-bond acceptors (Lipinski definition) is 12. The minimum atomic E-state index is -1.54. The molecule has 1 rings (SSSR count). The Bertz CT molecular complexity index is 820. The Hall–Kier alpha value is -3.64. The molecule has 0 spiro atoms. The van der Waals surface area contributed by atoms with Crippen LogP contribution in [-0.2, 0) is 57.2 Å². The highest BCUT2D eigenvalue weighted by molar-refractivity contribution is 5.87. The molecule has 0 fully saturated rings. The number of hydrogen-bond donors (Lipinski definition) is 1. The van der Waals surface area contributed by atoms with Gasteiger partial charge in [-0.3, -0.25) is 24.0 Å². The molecular formula is C20H27NO12. The van der Waals surface area contributed by atoms with Gasteiger partial charge in [0.05, 0.1) is 13.2 Å². The van der Waals surface area contributed by atoms with Gasteiger partial charge in [-0.1, -0.05) is 0 Å². The highest BCUT2D eigenvalue weighted by Gasteiger charge is 2.49. The monoisotopic (exact) mass is 473 g/mol. The van der Waals surface area contributed by atoms with Gasteiger partial charge in [-0.25, -0.2) is 4.79 Å². The predicted octanol–water partition coefficient (Wildman–Crippen LogP) is -0.695. The first kappa shape index (κ1) is 27.4. The molecule has 5 atom stereocenters. The highest BCUT2D eigenvalue weighted by atomic mass is 16.6. The fourth-order valence-corrected chi connectivity index (χ4v) is 3.03. The number of methoxy groups -OCH3 is 1. The normalized spacial score (nSPS) is 21.2. The van der Waals surface area contributed by atoms with E-state index in [-0.39, 0.29) is 0 Å². The van der Waals surface area contributed by atoms with Crippen molar-refractivity contribution in [3.05, 3.63) is 11.8 Å². The van der Waals surface area contributed by atoms with Crippen LogP contribution in [0.3, 0.4) is 0 Å². The molecule has 0 aromatic rings. The second-order valence-corrected chi connectivity index (χ2v) is 6.93. The van der Waals surface area contributed by atoms with Crippen molar-refractivity contribution in [1.82, 2.24) is 5.32 Å². The van der Waals surface area contributed by atoms with Gasteiger partial charge in [0.25, 0.3) is 0 Å². The Labute approximate surface area is 189 Å². The van der Waals surface area contributed by atoms with Crippen LogP contribution in [0, 0.1) is 0 Å². The Morgan fingerprint density at radius 1 is 0.939 bits per heavy atom. The molecule has 1 heterocycles. The van der Waals surface area contributed by atoms with Crippen LogP contribution in [0.5, 0.6) is 0 Å². The highest BCUT2D eigenvalue weighted by Crippen LogP contribution is 2.28. The number of esters is 5. The van der Waals surface area contributed by atoms with E-state index < -0.39 is 78.6 Å². The van der Waals surface area contributed by atoms with Crippen molar-refractivity contribution in [3.8, 4) is 0 Å². The molecule has 0 radical (unpaired) electrons. The molecule has 13 nitrogen and oxygen atoms in total. The van der Waals surface area contributed by atoms with Crippen molar-refractivity contribution in [2.75, 3.05) is 13.7 Å². The third-order valence-corrected chi connectivity index (χ3v) is 4.09. The maximum Gasteiger partial charge on any atom is 0.373 e. The zero-order valence-electron chi connectivity index (χ0n) is 19.1. The molecule has 33 heavy (non-hydrogen) atoms. The van der Waals surface area contributed by atoms with Crippen molar-refractivity contribution in [3.63, 3.8) is 0 Å². The smallest absolute Gasteiger partial charge is 0.373 e. The van der Waals surface area contributed by atoms with E-state index in [1.807, 2.05) is 0 Å². The van der Waals surface area contributed by atoms with E-state index in [1.54, 1.807) is 0 Å². The maximum absolute atomic E-state index is 12.2. The van der Waals surface area contributed by atoms with Crippen molar-refractivity contribution >= 4 is 35.8 Å². The van der Waals surface area contributed by atoms with E-state index >= 15 is 0 Å². The van der Waals surface area contributed by atoms with Crippen LogP contribution in [0.4, 0.5) is 0 Å². The molecule has 1 aliphatic rings. The summed E-state index contributed by atoms with van der Waals surface area (Å²) in [7, 11) is 1.08. The summed E-state index contributed by atoms with van der Waals surface area (Å²) in [6.07, 6.45) is -4.64. The zero-order chi connectivity index (χ0) is 25.3. The summed E-state index contributed by atoms with van der Waals surface area (Å²) in [4.78, 5) is 70.6. The van der Waals surface area contributed by atoms with Gasteiger partial charge in [0.2, 0.25) is 11.7 Å². The molecule has 0 unspecified atom stereocenters. The Morgan fingerprint density at radius 2 is 1.55 bits per heavy atom. The second-order valence-electron chi connectivity index (χ2n) is 6.93. The van der Waals surface area contributed by atoms with Crippen LogP contribution in [-0.4, -0.2) is 79.9 Å². The molecule has 1 N–H and O–H groups in total. The van der Waals surface area contributed by atoms with Gasteiger partial charge in [-0.15, -0.1) is 0 Å². The van der Waals surface area contributed by atoms with Crippen molar-refractivity contribution in [1.29, 1.82) is 0 Å². The van der Waals surface area contributed by atoms with Crippen LogP contribution >= 0.6 is 0 Å². The quantitative estimate of drug-likeness (QED) is 0.331. The van der Waals surface area contributed by atoms with Crippen LogP contribution in [0.2, 0.25) is 0 Å². The standard InChI is InChI=1S/C20H27NO12/c1-9(22)21-14-7-15(20(27)28-6)33-19(17(14)31-12(4)25)18(32-13(5)26)16(30-11(3)24)8-29-10(2)23/h7,14,16-19H,8H2,1-6H3,(H,21,22)/t14-,16-,17-,18-,19-/m1/s1. The van der Waals surface area contributed by atoms with E-state index in [2.05, 4.69) is 10.1 Å². The Kier molecular flexibility index (Phi) is 10.3. The van der Waals surface area contributed by atoms with Crippen molar-refractivity contribution in [2.24, 2.45) is 0 Å². The number of rotatable bonds is 9.